The van der Waals surface area contributed by atoms with Gasteiger partial charge in [-0.05, 0) is 42.7 Å². The zero-order chi connectivity index (χ0) is 19.1. The molecule has 0 N–H and O–H groups in total. The maximum atomic E-state index is 12.9. The minimum absolute atomic E-state index is 0.00759. The summed E-state index contributed by atoms with van der Waals surface area (Å²) in [5.41, 5.74) is 0.415. The van der Waals surface area contributed by atoms with E-state index in [1.165, 1.54) is 10.6 Å². The van der Waals surface area contributed by atoms with Gasteiger partial charge in [-0.2, -0.15) is 0 Å². The molecule has 0 saturated carbocycles. The minimum atomic E-state index is -0.639. The lowest BCUT2D eigenvalue weighted by atomic mass is 9.83. The number of likely N-dealkylation sites (tertiary alicyclic amines) is 1. The van der Waals surface area contributed by atoms with Crippen LogP contribution in [0.3, 0.4) is 0 Å². The molecule has 4 rings (SSSR count). The number of carbonyl (C=O) groups is 1. The van der Waals surface area contributed by atoms with Crippen molar-refractivity contribution in [1.82, 2.24) is 9.47 Å². The van der Waals surface area contributed by atoms with Crippen molar-refractivity contribution >= 4 is 11.6 Å². The number of hydrogen-bond donors (Lipinski definition) is 0. The van der Waals surface area contributed by atoms with E-state index in [4.69, 9.17) is 4.74 Å². The molecular weight excluding hydrogens is 350 g/mol. The Bertz CT molecular complexity index is 966. The molecule has 1 aromatic carbocycles. The number of nitro groups is 1. The number of nitrogens with zero attached hydrogens (tertiary/aromatic N) is 3. The molecule has 0 spiro atoms. The SMILES string of the molecule is COc1ccc(C(=O)N2CC3CC(C2)c2ccc([N+](=O)[O-])c(=O)n2C3)cc1. The van der Waals surface area contributed by atoms with Gasteiger partial charge in [0.2, 0.25) is 0 Å². The highest BCUT2D eigenvalue weighted by Crippen LogP contribution is 2.36. The molecule has 0 aliphatic carbocycles. The maximum absolute atomic E-state index is 12.9. The lowest BCUT2D eigenvalue weighted by Crippen LogP contribution is -2.49. The average molecular weight is 369 g/mol. The standard InChI is InChI=1S/C19H19N3O5/c1-27-15-4-2-13(3-5-15)18(23)20-9-12-8-14(11-20)16-6-7-17(22(25)26)19(24)21(16)10-12/h2-7,12,14H,8-11H2,1H3. The Labute approximate surface area is 155 Å². The van der Waals surface area contributed by atoms with Crippen LogP contribution < -0.4 is 10.3 Å². The Morgan fingerprint density at radius 2 is 1.89 bits per heavy atom. The summed E-state index contributed by atoms with van der Waals surface area (Å²) in [6, 6.07) is 9.93. The molecule has 27 heavy (non-hydrogen) atoms. The monoisotopic (exact) mass is 369 g/mol. The number of amides is 1. The second-order valence-electron chi connectivity index (χ2n) is 7.05. The molecule has 1 aromatic heterocycles. The van der Waals surface area contributed by atoms with Crippen molar-refractivity contribution in [3.8, 4) is 5.75 Å². The number of ether oxygens (including phenoxy) is 1. The summed E-state index contributed by atoms with van der Waals surface area (Å²) in [5, 5.41) is 11.0. The van der Waals surface area contributed by atoms with Crippen molar-refractivity contribution in [2.75, 3.05) is 20.2 Å². The predicted molar refractivity (Wildman–Crippen MR) is 97.1 cm³/mol. The molecule has 2 aliphatic heterocycles. The molecule has 1 fully saturated rings. The van der Waals surface area contributed by atoms with Crippen LogP contribution in [0.25, 0.3) is 0 Å². The Balaban J connectivity index is 1.61. The zero-order valence-electron chi connectivity index (χ0n) is 14.8. The van der Waals surface area contributed by atoms with Crippen LogP contribution in [-0.4, -0.2) is 40.5 Å². The molecule has 2 atom stereocenters. The number of aromatic nitrogens is 1. The van der Waals surface area contributed by atoms with Gasteiger partial charge in [0, 0.05) is 42.9 Å². The summed E-state index contributed by atoms with van der Waals surface area (Å²) in [5.74, 6) is 0.758. The fourth-order valence-electron chi connectivity index (χ4n) is 4.16. The van der Waals surface area contributed by atoms with Gasteiger partial charge < -0.3 is 14.2 Å². The zero-order valence-corrected chi connectivity index (χ0v) is 14.8. The number of fused-ring (bicyclic) bond motifs is 4. The van der Waals surface area contributed by atoms with Gasteiger partial charge in [0.25, 0.3) is 5.91 Å². The topological polar surface area (TPSA) is 94.7 Å². The van der Waals surface area contributed by atoms with Crippen molar-refractivity contribution in [3.05, 3.63) is 68.1 Å². The van der Waals surface area contributed by atoms with Crippen LogP contribution in [0.5, 0.6) is 5.75 Å². The molecule has 8 nitrogen and oxygen atoms in total. The smallest absolute Gasteiger partial charge is 0.334 e. The largest absolute Gasteiger partial charge is 0.497 e. The summed E-state index contributed by atoms with van der Waals surface area (Å²) in [6.45, 7) is 1.44. The molecule has 140 valence electrons. The highest BCUT2D eigenvalue weighted by atomic mass is 16.6. The number of methoxy groups -OCH3 is 1. The molecule has 2 aromatic rings. The number of benzene rings is 1. The van der Waals surface area contributed by atoms with Gasteiger partial charge in [-0.15, -0.1) is 0 Å². The predicted octanol–water partition coefficient (Wildman–Crippen LogP) is 2.02. The van der Waals surface area contributed by atoms with Crippen molar-refractivity contribution in [3.63, 3.8) is 0 Å². The molecule has 8 heteroatoms. The molecule has 2 aliphatic rings. The van der Waals surface area contributed by atoms with Crippen LogP contribution in [-0.2, 0) is 6.54 Å². The van der Waals surface area contributed by atoms with Gasteiger partial charge in [-0.1, -0.05) is 0 Å². The minimum Gasteiger partial charge on any atom is -0.497 e. The fourth-order valence-corrected chi connectivity index (χ4v) is 4.16. The van der Waals surface area contributed by atoms with E-state index in [2.05, 4.69) is 0 Å². The van der Waals surface area contributed by atoms with Crippen molar-refractivity contribution in [1.29, 1.82) is 0 Å². The Hall–Kier alpha value is -3.16. The van der Waals surface area contributed by atoms with Crippen molar-refractivity contribution < 1.29 is 14.5 Å². The lowest BCUT2D eigenvalue weighted by molar-refractivity contribution is -0.386. The van der Waals surface area contributed by atoms with E-state index in [0.717, 1.165) is 12.1 Å². The number of carbonyl (C=O) groups excluding carboxylic acids is 1. The summed E-state index contributed by atoms with van der Waals surface area (Å²) >= 11 is 0. The van der Waals surface area contributed by atoms with E-state index in [-0.39, 0.29) is 17.7 Å². The Morgan fingerprint density at radius 1 is 1.15 bits per heavy atom. The summed E-state index contributed by atoms with van der Waals surface area (Å²) < 4.78 is 6.65. The van der Waals surface area contributed by atoms with E-state index >= 15 is 0 Å². The quantitative estimate of drug-likeness (QED) is 0.609. The second-order valence-corrected chi connectivity index (χ2v) is 7.05. The van der Waals surface area contributed by atoms with Gasteiger partial charge >= 0.3 is 11.2 Å². The Kier molecular flexibility index (Phi) is 4.18. The van der Waals surface area contributed by atoms with Gasteiger partial charge in [0.05, 0.1) is 12.0 Å². The maximum Gasteiger partial charge on any atom is 0.334 e. The normalized spacial score (nSPS) is 20.7. The van der Waals surface area contributed by atoms with E-state index < -0.39 is 16.2 Å². The first-order chi connectivity index (χ1) is 13.0. The lowest BCUT2D eigenvalue weighted by Gasteiger charge is -2.42. The summed E-state index contributed by atoms with van der Waals surface area (Å²) in [4.78, 5) is 37.5. The number of hydrogen-bond acceptors (Lipinski definition) is 5. The van der Waals surface area contributed by atoms with Crippen LogP contribution >= 0.6 is 0 Å². The molecule has 1 saturated heterocycles. The molecule has 1 amide bonds. The number of pyridine rings is 1. The van der Waals surface area contributed by atoms with Gasteiger partial charge in [0.15, 0.2) is 0 Å². The van der Waals surface area contributed by atoms with Crippen molar-refractivity contribution in [2.45, 2.75) is 18.9 Å². The van der Waals surface area contributed by atoms with E-state index in [0.29, 0.717) is 30.9 Å². The summed E-state index contributed by atoms with van der Waals surface area (Å²) in [7, 11) is 1.58. The molecule has 0 radical (unpaired) electrons. The first kappa shape index (κ1) is 17.3. The van der Waals surface area contributed by atoms with Crippen LogP contribution in [0.1, 0.15) is 28.4 Å². The highest BCUT2D eigenvalue weighted by Gasteiger charge is 2.37. The molecule has 2 unspecified atom stereocenters. The highest BCUT2D eigenvalue weighted by molar-refractivity contribution is 5.94. The van der Waals surface area contributed by atoms with Crippen LogP contribution in [0, 0.1) is 16.0 Å². The van der Waals surface area contributed by atoms with Crippen LogP contribution in [0.4, 0.5) is 5.69 Å². The molecular formula is C19H19N3O5. The Morgan fingerprint density at radius 3 is 2.56 bits per heavy atom. The fraction of sp³-hybridized carbons (Fsp3) is 0.368. The third-order valence-electron chi connectivity index (χ3n) is 5.41. The first-order valence-corrected chi connectivity index (χ1v) is 8.79. The van der Waals surface area contributed by atoms with Gasteiger partial charge in [-0.25, -0.2) is 0 Å². The summed E-state index contributed by atoms with van der Waals surface area (Å²) in [6.07, 6.45) is 0.879. The van der Waals surface area contributed by atoms with Crippen LogP contribution in [0.15, 0.2) is 41.2 Å². The average Bonchev–Trinajstić information content (AvgIpc) is 2.68. The third kappa shape index (κ3) is 2.97. The van der Waals surface area contributed by atoms with E-state index in [9.17, 15) is 19.7 Å². The van der Waals surface area contributed by atoms with E-state index in [1.54, 1.807) is 37.4 Å². The van der Waals surface area contributed by atoms with Gasteiger partial charge in [0.1, 0.15) is 5.75 Å². The van der Waals surface area contributed by atoms with E-state index in [1.807, 2.05) is 4.90 Å². The molecule has 2 bridgehead atoms. The molecule has 3 heterocycles. The number of piperidine rings is 1. The number of rotatable bonds is 3. The third-order valence-corrected chi connectivity index (χ3v) is 5.41. The van der Waals surface area contributed by atoms with Crippen molar-refractivity contribution in [2.24, 2.45) is 5.92 Å². The first-order valence-electron chi connectivity index (χ1n) is 8.79. The van der Waals surface area contributed by atoms with Crippen LogP contribution in [0.2, 0.25) is 0 Å². The second kappa shape index (κ2) is 6.53. The van der Waals surface area contributed by atoms with Gasteiger partial charge in [-0.3, -0.25) is 19.7 Å².